The Hall–Kier alpha value is -2.33. The van der Waals surface area contributed by atoms with Crippen LogP contribution in [0.25, 0.3) is 0 Å². The van der Waals surface area contributed by atoms with Gasteiger partial charge in [0, 0.05) is 19.1 Å². The Morgan fingerprint density at radius 1 is 1.36 bits per heavy atom. The Morgan fingerprint density at radius 2 is 2.05 bits per heavy atom. The van der Waals surface area contributed by atoms with Crippen molar-refractivity contribution >= 4 is 27.4 Å². The van der Waals surface area contributed by atoms with Gasteiger partial charge in [-0.3, -0.25) is 4.79 Å². The number of rotatable bonds is 6. The van der Waals surface area contributed by atoms with Gasteiger partial charge in [0.25, 0.3) is 0 Å². The average Bonchev–Trinajstić information content (AvgIpc) is 2.46. The molecule has 0 aliphatic carbocycles. The van der Waals surface area contributed by atoms with Crippen LogP contribution in [0.5, 0.6) is 0 Å². The van der Waals surface area contributed by atoms with Crippen molar-refractivity contribution in [1.29, 1.82) is 0 Å². The molecule has 0 atom stereocenters. The number of sulfone groups is 1. The van der Waals surface area contributed by atoms with Crippen LogP contribution in [0.2, 0.25) is 0 Å². The highest BCUT2D eigenvalue weighted by Gasteiger charge is 2.18. The molecule has 0 aliphatic rings. The highest BCUT2D eigenvalue weighted by Crippen LogP contribution is 2.23. The molecule has 1 rings (SSSR count). The monoisotopic (exact) mass is 323 g/mol. The summed E-state index contributed by atoms with van der Waals surface area (Å²) in [5.41, 5.74) is 0.217. The molecule has 0 aliphatic heterocycles. The van der Waals surface area contributed by atoms with E-state index in [9.17, 15) is 18.0 Å². The third kappa shape index (κ3) is 4.90. The number of carbonyl (C=O) groups excluding carboxylic acids is 2. The molecular weight excluding hydrogens is 306 g/mol. The van der Waals surface area contributed by atoms with E-state index >= 15 is 0 Å². The zero-order valence-corrected chi connectivity index (χ0v) is 13.2. The highest BCUT2D eigenvalue weighted by atomic mass is 32.2. The third-order valence-electron chi connectivity index (χ3n) is 2.80. The topological polar surface area (TPSA) is 89.5 Å². The number of terminal acetylenes is 1. The van der Waals surface area contributed by atoms with E-state index in [1.165, 1.54) is 25.3 Å². The smallest absolute Gasteiger partial charge is 0.337 e. The van der Waals surface area contributed by atoms with E-state index in [0.717, 1.165) is 6.26 Å². The van der Waals surface area contributed by atoms with Gasteiger partial charge in [0.1, 0.15) is 0 Å². The van der Waals surface area contributed by atoms with Gasteiger partial charge in [0.05, 0.1) is 23.3 Å². The first-order valence-corrected chi connectivity index (χ1v) is 8.34. The second kappa shape index (κ2) is 7.61. The molecule has 1 amide bonds. The van der Waals surface area contributed by atoms with E-state index in [1.54, 1.807) is 0 Å². The zero-order chi connectivity index (χ0) is 16.8. The summed E-state index contributed by atoms with van der Waals surface area (Å²) in [6, 6.07) is 3.93. The number of benzene rings is 1. The maximum absolute atomic E-state index is 11.8. The number of amides is 1. The number of nitrogens with one attached hydrogen (secondary N) is 1. The van der Waals surface area contributed by atoms with Gasteiger partial charge in [-0.1, -0.05) is 0 Å². The van der Waals surface area contributed by atoms with Crippen molar-refractivity contribution < 1.29 is 22.7 Å². The van der Waals surface area contributed by atoms with Crippen LogP contribution in [0, 0.1) is 12.3 Å². The molecule has 0 saturated heterocycles. The Kier molecular flexibility index (Phi) is 6.13. The van der Waals surface area contributed by atoms with Gasteiger partial charge in [-0.15, -0.1) is 12.3 Å². The van der Waals surface area contributed by atoms with Crippen molar-refractivity contribution in [3.8, 4) is 12.3 Å². The van der Waals surface area contributed by atoms with Crippen LogP contribution in [0.15, 0.2) is 23.1 Å². The van der Waals surface area contributed by atoms with Crippen LogP contribution in [0.4, 0.5) is 5.69 Å². The molecule has 6 nitrogen and oxygen atoms in total. The summed E-state index contributed by atoms with van der Waals surface area (Å²) in [6.07, 6.45) is 7.26. The van der Waals surface area contributed by atoms with Crippen molar-refractivity contribution in [3.63, 3.8) is 0 Å². The van der Waals surface area contributed by atoms with E-state index in [-0.39, 0.29) is 28.5 Å². The number of anilines is 1. The molecule has 1 aromatic rings. The van der Waals surface area contributed by atoms with E-state index in [2.05, 4.69) is 16.0 Å². The molecule has 0 fully saturated rings. The van der Waals surface area contributed by atoms with Gasteiger partial charge in [0.15, 0.2) is 9.84 Å². The van der Waals surface area contributed by atoms with Crippen molar-refractivity contribution in [2.45, 2.75) is 24.2 Å². The van der Waals surface area contributed by atoms with Crippen LogP contribution in [-0.2, 0) is 19.4 Å². The molecular formula is C15H17NO5S. The molecule has 0 spiro atoms. The largest absolute Gasteiger partial charge is 0.465 e. The lowest BCUT2D eigenvalue weighted by Gasteiger charge is -2.11. The quantitative estimate of drug-likeness (QED) is 0.488. The Morgan fingerprint density at radius 3 is 2.59 bits per heavy atom. The van der Waals surface area contributed by atoms with Gasteiger partial charge in [-0.05, 0) is 24.6 Å². The summed E-state index contributed by atoms with van der Waals surface area (Å²) in [7, 11) is -2.43. The fraction of sp³-hybridized carbons (Fsp3) is 0.333. The minimum absolute atomic E-state index is 0.0910. The van der Waals surface area contributed by atoms with Crippen molar-refractivity contribution in [2.24, 2.45) is 0 Å². The minimum Gasteiger partial charge on any atom is -0.465 e. The van der Waals surface area contributed by atoms with E-state index < -0.39 is 15.8 Å². The van der Waals surface area contributed by atoms with E-state index in [4.69, 9.17) is 6.42 Å². The summed E-state index contributed by atoms with van der Waals surface area (Å²) in [5, 5.41) is 2.52. The predicted octanol–water partition coefficient (Wildman–Crippen LogP) is 1.62. The molecule has 0 bridgehead atoms. The maximum atomic E-state index is 11.8. The van der Waals surface area contributed by atoms with Crippen molar-refractivity contribution in [2.75, 3.05) is 18.7 Å². The van der Waals surface area contributed by atoms with Crippen LogP contribution in [0.3, 0.4) is 0 Å². The lowest BCUT2D eigenvalue weighted by Crippen LogP contribution is -2.15. The third-order valence-corrected chi connectivity index (χ3v) is 3.94. The highest BCUT2D eigenvalue weighted by molar-refractivity contribution is 7.90. The van der Waals surface area contributed by atoms with E-state index in [0.29, 0.717) is 12.8 Å². The number of carbonyl (C=O) groups is 2. The molecule has 0 radical (unpaired) electrons. The SMILES string of the molecule is C#CCCCC(=O)Nc1ccc(C(=O)OC)cc1S(C)(=O)=O. The molecule has 1 aromatic carbocycles. The molecule has 118 valence electrons. The molecule has 0 heterocycles. The first kappa shape index (κ1) is 17.7. The summed E-state index contributed by atoms with van der Waals surface area (Å²) in [6.45, 7) is 0. The second-order valence-electron chi connectivity index (χ2n) is 4.58. The van der Waals surface area contributed by atoms with Crippen LogP contribution >= 0.6 is 0 Å². The number of unbranched alkanes of at least 4 members (excludes halogenated alkanes) is 1. The maximum Gasteiger partial charge on any atom is 0.337 e. The van der Waals surface area contributed by atoms with Gasteiger partial charge in [-0.2, -0.15) is 0 Å². The molecule has 0 unspecified atom stereocenters. The number of hydrogen-bond acceptors (Lipinski definition) is 5. The van der Waals surface area contributed by atoms with Crippen molar-refractivity contribution in [3.05, 3.63) is 23.8 Å². The van der Waals surface area contributed by atoms with Crippen LogP contribution in [0.1, 0.15) is 29.6 Å². The minimum atomic E-state index is -3.62. The number of hydrogen-bond donors (Lipinski definition) is 1. The second-order valence-corrected chi connectivity index (χ2v) is 6.56. The van der Waals surface area contributed by atoms with Gasteiger partial charge in [0.2, 0.25) is 5.91 Å². The zero-order valence-electron chi connectivity index (χ0n) is 12.4. The molecule has 0 saturated carbocycles. The van der Waals surface area contributed by atoms with Gasteiger partial charge in [-0.25, -0.2) is 13.2 Å². The Balaban J connectivity index is 3.07. The molecule has 1 N–H and O–H groups in total. The summed E-state index contributed by atoms with van der Waals surface area (Å²) in [5.74, 6) is 1.42. The van der Waals surface area contributed by atoms with E-state index in [1.807, 2.05) is 0 Å². The average molecular weight is 323 g/mol. The molecule has 0 aromatic heterocycles. The number of methoxy groups -OCH3 is 1. The predicted molar refractivity (Wildman–Crippen MR) is 82.2 cm³/mol. The summed E-state index contributed by atoms with van der Waals surface area (Å²) < 4.78 is 28.2. The fourth-order valence-corrected chi connectivity index (χ4v) is 2.60. The van der Waals surface area contributed by atoms with Gasteiger partial charge < -0.3 is 10.1 Å². The summed E-state index contributed by atoms with van der Waals surface area (Å²) >= 11 is 0. The normalized spacial score (nSPS) is 10.6. The van der Waals surface area contributed by atoms with Crippen molar-refractivity contribution in [1.82, 2.24) is 0 Å². The standard InChI is InChI=1S/C15H17NO5S/c1-4-5-6-7-14(17)16-12-9-8-11(15(18)21-2)10-13(12)22(3,19)20/h1,8-10H,5-7H2,2-3H3,(H,16,17). The molecule has 7 heteroatoms. The first-order valence-electron chi connectivity index (χ1n) is 6.45. The Labute approximate surface area is 129 Å². The van der Waals surface area contributed by atoms with Gasteiger partial charge >= 0.3 is 5.97 Å². The number of esters is 1. The van der Waals surface area contributed by atoms with Crippen LogP contribution < -0.4 is 5.32 Å². The lowest BCUT2D eigenvalue weighted by atomic mass is 10.2. The molecule has 22 heavy (non-hydrogen) atoms. The number of ether oxygens (including phenoxy) is 1. The lowest BCUT2D eigenvalue weighted by molar-refractivity contribution is -0.116. The fourth-order valence-electron chi connectivity index (χ4n) is 1.74. The first-order chi connectivity index (χ1) is 10.3. The summed E-state index contributed by atoms with van der Waals surface area (Å²) in [4.78, 5) is 23.1. The Bertz CT molecular complexity index is 716. The van der Waals surface area contributed by atoms with Crippen LogP contribution in [-0.4, -0.2) is 33.7 Å².